The molecule has 0 radical (unpaired) electrons. The van der Waals surface area contributed by atoms with Crippen LogP contribution in [0.4, 0.5) is 8.78 Å². The van der Waals surface area contributed by atoms with Crippen molar-refractivity contribution in [3.8, 4) is 0 Å². The van der Waals surface area contributed by atoms with Crippen LogP contribution in [0, 0.1) is 0 Å². The van der Waals surface area contributed by atoms with Crippen molar-refractivity contribution in [1.29, 1.82) is 0 Å². The standard InChI is InChI=1S/C4H6F2/c1-2-4(6)3-5/h2H,3H2,1H3/b4-2+. The number of hydrogen-bond donors (Lipinski definition) is 0. The van der Waals surface area contributed by atoms with Gasteiger partial charge in [0, 0.05) is 0 Å². The molecule has 0 rings (SSSR count). The van der Waals surface area contributed by atoms with E-state index in [9.17, 15) is 8.78 Å². The molecule has 0 aromatic rings. The predicted octanol–water partition coefficient (Wildman–Crippen LogP) is 1.83. The van der Waals surface area contributed by atoms with Gasteiger partial charge in [-0.1, -0.05) is 6.08 Å². The highest BCUT2D eigenvalue weighted by Crippen LogP contribution is 1.92. The van der Waals surface area contributed by atoms with Crippen molar-refractivity contribution in [3.05, 3.63) is 11.9 Å². The largest absolute Gasteiger partial charge is 0.243 e. The van der Waals surface area contributed by atoms with E-state index in [1.165, 1.54) is 6.92 Å². The van der Waals surface area contributed by atoms with Gasteiger partial charge in [-0.15, -0.1) is 0 Å². The summed E-state index contributed by atoms with van der Waals surface area (Å²) in [5.74, 6) is -0.699. The highest BCUT2D eigenvalue weighted by atomic mass is 19.2. The fourth-order valence-corrected chi connectivity index (χ4v) is 0.0772. The number of alkyl halides is 1. The molecule has 0 atom stereocenters. The van der Waals surface area contributed by atoms with Gasteiger partial charge in [0.05, 0.1) is 0 Å². The van der Waals surface area contributed by atoms with Crippen LogP contribution in [0.3, 0.4) is 0 Å². The van der Waals surface area contributed by atoms with Crippen LogP contribution in [0.2, 0.25) is 0 Å². The zero-order valence-electron chi connectivity index (χ0n) is 3.54. The summed E-state index contributed by atoms with van der Waals surface area (Å²) < 4.78 is 22.3. The fraction of sp³-hybridized carbons (Fsp3) is 0.500. The van der Waals surface area contributed by atoms with Crippen molar-refractivity contribution < 1.29 is 8.78 Å². The van der Waals surface area contributed by atoms with Crippen LogP contribution in [0.25, 0.3) is 0 Å². The van der Waals surface area contributed by atoms with E-state index in [0.717, 1.165) is 6.08 Å². The van der Waals surface area contributed by atoms with E-state index in [-0.39, 0.29) is 0 Å². The molecule has 2 heteroatoms. The Morgan fingerprint density at radius 2 is 2.33 bits per heavy atom. The van der Waals surface area contributed by atoms with Gasteiger partial charge in [0.15, 0.2) is 0 Å². The third-order valence-electron chi connectivity index (χ3n) is 0.441. The second-order valence-corrected chi connectivity index (χ2v) is 0.869. The Morgan fingerprint density at radius 3 is 2.33 bits per heavy atom. The number of rotatable bonds is 1. The molecule has 0 aromatic carbocycles. The Kier molecular flexibility index (Phi) is 2.63. The fourth-order valence-electron chi connectivity index (χ4n) is 0.0772. The van der Waals surface area contributed by atoms with Gasteiger partial charge in [-0.3, -0.25) is 0 Å². The van der Waals surface area contributed by atoms with Crippen LogP contribution in [-0.2, 0) is 0 Å². The Balaban J connectivity index is 3.22. The first-order valence-electron chi connectivity index (χ1n) is 1.68. The van der Waals surface area contributed by atoms with Crippen LogP contribution in [0.15, 0.2) is 11.9 Å². The normalized spacial score (nSPS) is 12.2. The van der Waals surface area contributed by atoms with E-state index < -0.39 is 12.5 Å². The molecule has 0 nitrogen and oxygen atoms in total. The Bertz CT molecular complexity index is 56.6. The Hall–Kier alpha value is -0.400. The van der Waals surface area contributed by atoms with Crippen molar-refractivity contribution in [2.45, 2.75) is 6.92 Å². The minimum absolute atomic E-state index is 0.699. The topological polar surface area (TPSA) is 0 Å². The van der Waals surface area contributed by atoms with Crippen LogP contribution < -0.4 is 0 Å². The summed E-state index contributed by atoms with van der Waals surface area (Å²) in [5, 5.41) is 0. The van der Waals surface area contributed by atoms with Crippen LogP contribution in [-0.4, -0.2) is 6.67 Å². The van der Waals surface area contributed by atoms with Gasteiger partial charge < -0.3 is 0 Å². The summed E-state index contributed by atoms with van der Waals surface area (Å²) in [7, 11) is 0. The molecular formula is C4H6F2. The molecule has 0 fully saturated rings. The minimum Gasteiger partial charge on any atom is -0.243 e. The molecule has 0 aliphatic carbocycles. The highest BCUT2D eigenvalue weighted by Gasteiger charge is 1.83. The lowest BCUT2D eigenvalue weighted by atomic mass is 10.5. The van der Waals surface area contributed by atoms with E-state index in [1.807, 2.05) is 0 Å². The maximum absolute atomic E-state index is 11.3. The Labute approximate surface area is 35.5 Å². The lowest BCUT2D eigenvalue weighted by Crippen LogP contribution is -1.69. The molecule has 0 N–H and O–H groups in total. The molecule has 0 saturated heterocycles. The first kappa shape index (κ1) is 5.60. The van der Waals surface area contributed by atoms with Crippen molar-refractivity contribution >= 4 is 0 Å². The molecule has 0 heterocycles. The molecule has 0 saturated carbocycles. The van der Waals surface area contributed by atoms with Crippen LogP contribution in [0.1, 0.15) is 6.92 Å². The van der Waals surface area contributed by atoms with Gasteiger partial charge in [0.1, 0.15) is 12.5 Å². The molecule has 0 aromatic heterocycles. The van der Waals surface area contributed by atoms with Gasteiger partial charge in [0.25, 0.3) is 0 Å². The maximum atomic E-state index is 11.3. The van der Waals surface area contributed by atoms with E-state index in [1.54, 1.807) is 0 Å². The van der Waals surface area contributed by atoms with E-state index in [2.05, 4.69) is 0 Å². The third kappa shape index (κ3) is 1.88. The lowest BCUT2D eigenvalue weighted by molar-refractivity contribution is 0.458. The number of allylic oxidation sites excluding steroid dienone is 2. The van der Waals surface area contributed by atoms with Gasteiger partial charge >= 0.3 is 0 Å². The van der Waals surface area contributed by atoms with E-state index in [0.29, 0.717) is 0 Å². The summed E-state index contributed by atoms with van der Waals surface area (Å²) in [4.78, 5) is 0. The summed E-state index contributed by atoms with van der Waals surface area (Å²) in [6, 6.07) is 0. The minimum atomic E-state index is -0.976. The molecule has 0 amide bonds. The van der Waals surface area contributed by atoms with Crippen molar-refractivity contribution in [3.63, 3.8) is 0 Å². The number of halogens is 2. The third-order valence-corrected chi connectivity index (χ3v) is 0.441. The molecule has 6 heavy (non-hydrogen) atoms. The average Bonchev–Trinajstić information content (AvgIpc) is 1.65. The van der Waals surface area contributed by atoms with Crippen LogP contribution in [0.5, 0.6) is 0 Å². The zero-order chi connectivity index (χ0) is 4.99. The van der Waals surface area contributed by atoms with Gasteiger partial charge in [-0.2, -0.15) is 0 Å². The molecular weight excluding hydrogens is 86.0 g/mol. The van der Waals surface area contributed by atoms with Crippen molar-refractivity contribution in [2.24, 2.45) is 0 Å². The van der Waals surface area contributed by atoms with Gasteiger partial charge in [0.2, 0.25) is 0 Å². The van der Waals surface area contributed by atoms with Crippen LogP contribution >= 0.6 is 0 Å². The van der Waals surface area contributed by atoms with Crippen molar-refractivity contribution in [2.75, 3.05) is 6.67 Å². The maximum Gasteiger partial charge on any atom is 0.141 e. The second kappa shape index (κ2) is 2.82. The zero-order valence-corrected chi connectivity index (χ0v) is 3.54. The monoisotopic (exact) mass is 92.0 g/mol. The number of hydrogen-bond acceptors (Lipinski definition) is 0. The smallest absolute Gasteiger partial charge is 0.141 e. The molecule has 0 aliphatic rings. The van der Waals surface area contributed by atoms with Crippen molar-refractivity contribution in [1.82, 2.24) is 0 Å². The Morgan fingerprint density at radius 1 is 1.83 bits per heavy atom. The average molecular weight is 92.1 g/mol. The quantitative estimate of drug-likeness (QED) is 0.463. The second-order valence-electron chi connectivity index (χ2n) is 0.869. The van der Waals surface area contributed by atoms with E-state index >= 15 is 0 Å². The van der Waals surface area contributed by atoms with Gasteiger partial charge in [-0.25, -0.2) is 8.78 Å². The predicted molar refractivity (Wildman–Crippen MR) is 20.8 cm³/mol. The lowest BCUT2D eigenvalue weighted by Gasteiger charge is -1.76. The molecule has 0 unspecified atom stereocenters. The first-order chi connectivity index (χ1) is 2.81. The summed E-state index contributed by atoms with van der Waals surface area (Å²) in [6.07, 6.45) is 1.10. The SMILES string of the molecule is C/C=C(/F)CF. The molecule has 0 bridgehead atoms. The summed E-state index contributed by atoms with van der Waals surface area (Å²) in [5.41, 5.74) is 0. The summed E-state index contributed by atoms with van der Waals surface area (Å²) >= 11 is 0. The van der Waals surface area contributed by atoms with Gasteiger partial charge in [-0.05, 0) is 6.92 Å². The molecule has 0 aliphatic heterocycles. The van der Waals surface area contributed by atoms with E-state index in [4.69, 9.17) is 0 Å². The first-order valence-corrected chi connectivity index (χ1v) is 1.68. The highest BCUT2D eigenvalue weighted by molar-refractivity contribution is 4.86. The summed E-state index contributed by atoms with van der Waals surface area (Å²) in [6.45, 7) is 0.478. The molecule has 36 valence electrons. The molecule has 0 spiro atoms.